The van der Waals surface area contributed by atoms with Gasteiger partial charge in [0.25, 0.3) is 10.0 Å². The molecule has 0 fully saturated rings. The lowest BCUT2D eigenvalue weighted by atomic mass is 9.93. The van der Waals surface area contributed by atoms with Gasteiger partial charge in [0, 0.05) is 18.4 Å². The van der Waals surface area contributed by atoms with Crippen molar-refractivity contribution < 1.29 is 8.42 Å². The lowest BCUT2D eigenvalue weighted by Crippen LogP contribution is -2.36. The van der Waals surface area contributed by atoms with Crippen molar-refractivity contribution in [1.29, 1.82) is 0 Å². The van der Waals surface area contributed by atoms with Gasteiger partial charge in [0.15, 0.2) is 0 Å². The van der Waals surface area contributed by atoms with Gasteiger partial charge < -0.3 is 0 Å². The highest BCUT2D eigenvalue weighted by molar-refractivity contribution is 7.92. The first-order chi connectivity index (χ1) is 10.00. The van der Waals surface area contributed by atoms with Gasteiger partial charge in [-0.15, -0.1) is 0 Å². The molecule has 0 saturated heterocycles. The van der Waals surface area contributed by atoms with Crippen molar-refractivity contribution in [1.82, 2.24) is 4.98 Å². The van der Waals surface area contributed by atoms with Gasteiger partial charge in [0.2, 0.25) is 0 Å². The summed E-state index contributed by atoms with van der Waals surface area (Å²) in [4.78, 5) is 4.35. The predicted molar refractivity (Wildman–Crippen MR) is 83.0 cm³/mol. The van der Waals surface area contributed by atoms with Gasteiger partial charge in [0.05, 0.1) is 5.69 Å². The highest BCUT2D eigenvalue weighted by atomic mass is 32.2. The SMILES string of the molecule is Cc1ccc(S(=O)(=O)N2CC[C@H](C)c3ccccc32)cn1. The maximum absolute atomic E-state index is 12.9. The van der Waals surface area contributed by atoms with Crippen LogP contribution >= 0.6 is 0 Å². The fourth-order valence-corrected chi connectivity index (χ4v) is 4.15. The van der Waals surface area contributed by atoms with Crippen molar-refractivity contribution in [2.24, 2.45) is 0 Å². The molecular formula is C16H18N2O2S. The summed E-state index contributed by atoms with van der Waals surface area (Å²) in [5.74, 6) is 0.379. The quantitative estimate of drug-likeness (QED) is 0.856. The minimum Gasteiger partial charge on any atom is -0.266 e. The van der Waals surface area contributed by atoms with Crippen molar-refractivity contribution >= 4 is 15.7 Å². The third-order valence-electron chi connectivity index (χ3n) is 3.97. The van der Waals surface area contributed by atoms with Crippen LogP contribution in [0.5, 0.6) is 0 Å². The Morgan fingerprint density at radius 1 is 1.19 bits per heavy atom. The van der Waals surface area contributed by atoms with E-state index >= 15 is 0 Å². The largest absolute Gasteiger partial charge is 0.266 e. The van der Waals surface area contributed by atoms with E-state index in [2.05, 4.69) is 11.9 Å². The van der Waals surface area contributed by atoms with Crippen molar-refractivity contribution in [2.75, 3.05) is 10.8 Å². The van der Waals surface area contributed by atoms with E-state index in [0.717, 1.165) is 23.4 Å². The topological polar surface area (TPSA) is 50.3 Å². The number of aryl methyl sites for hydroxylation is 1. The minimum absolute atomic E-state index is 0.248. The van der Waals surface area contributed by atoms with Gasteiger partial charge in [-0.05, 0) is 43.0 Å². The molecule has 2 heterocycles. The highest BCUT2D eigenvalue weighted by Gasteiger charge is 2.31. The van der Waals surface area contributed by atoms with E-state index in [1.165, 1.54) is 10.5 Å². The van der Waals surface area contributed by atoms with Crippen LogP contribution in [-0.2, 0) is 10.0 Å². The van der Waals surface area contributed by atoms with Gasteiger partial charge >= 0.3 is 0 Å². The Morgan fingerprint density at radius 3 is 2.67 bits per heavy atom. The molecule has 1 aliphatic heterocycles. The van der Waals surface area contributed by atoms with Crippen LogP contribution < -0.4 is 4.31 Å². The summed E-state index contributed by atoms with van der Waals surface area (Å²) in [7, 11) is -3.54. The molecule has 21 heavy (non-hydrogen) atoms. The number of nitrogens with zero attached hydrogens (tertiary/aromatic N) is 2. The monoisotopic (exact) mass is 302 g/mol. The Labute approximate surface area is 125 Å². The van der Waals surface area contributed by atoms with E-state index < -0.39 is 10.0 Å². The Bertz CT molecular complexity index is 754. The molecule has 0 amide bonds. The van der Waals surface area contributed by atoms with Crippen LogP contribution in [0.25, 0.3) is 0 Å². The van der Waals surface area contributed by atoms with Crippen molar-refractivity contribution in [3.05, 3.63) is 53.9 Å². The van der Waals surface area contributed by atoms with Crippen LogP contribution in [0.2, 0.25) is 0 Å². The standard InChI is InChI=1S/C16H18N2O2S/c1-12-9-10-18(16-6-4-3-5-15(12)16)21(19,20)14-8-7-13(2)17-11-14/h3-8,11-12H,9-10H2,1-2H3/t12-/m0/s1. The first-order valence-corrected chi connectivity index (χ1v) is 8.48. The van der Waals surface area contributed by atoms with Gasteiger partial charge in [0.1, 0.15) is 4.90 Å². The number of benzene rings is 1. The molecule has 0 spiro atoms. The molecule has 0 saturated carbocycles. The molecule has 0 unspecified atom stereocenters. The number of hydrogen-bond donors (Lipinski definition) is 0. The zero-order valence-corrected chi connectivity index (χ0v) is 13.0. The fraction of sp³-hybridized carbons (Fsp3) is 0.312. The van der Waals surface area contributed by atoms with Crippen LogP contribution in [0.4, 0.5) is 5.69 Å². The summed E-state index contributed by atoms with van der Waals surface area (Å²) < 4.78 is 27.2. The van der Waals surface area contributed by atoms with Gasteiger partial charge in [-0.3, -0.25) is 9.29 Å². The number of fused-ring (bicyclic) bond motifs is 1. The van der Waals surface area contributed by atoms with Crippen LogP contribution in [0.1, 0.15) is 30.5 Å². The molecular weight excluding hydrogens is 284 g/mol. The number of sulfonamides is 1. The molecule has 4 nitrogen and oxygen atoms in total. The zero-order valence-electron chi connectivity index (χ0n) is 12.2. The maximum Gasteiger partial charge on any atom is 0.265 e. The van der Waals surface area contributed by atoms with Crippen molar-refractivity contribution in [2.45, 2.75) is 31.1 Å². The lowest BCUT2D eigenvalue weighted by Gasteiger charge is -2.33. The molecule has 1 aliphatic rings. The zero-order chi connectivity index (χ0) is 15.0. The number of rotatable bonds is 2. The number of para-hydroxylation sites is 1. The highest BCUT2D eigenvalue weighted by Crippen LogP contribution is 2.37. The van der Waals surface area contributed by atoms with E-state index in [1.807, 2.05) is 31.2 Å². The Kier molecular flexibility index (Phi) is 3.45. The van der Waals surface area contributed by atoms with Crippen LogP contribution in [-0.4, -0.2) is 19.9 Å². The fourth-order valence-electron chi connectivity index (χ4n) is 2.70. The molecule has 110 valence electrons. The predicted octanol–water partition coefficient (Wildman–Crippen LogP) is 3.09. The average Bonchev–Trinajstić information content (AvgIpc) is 2.48. The van der Waals surface area contributed by atoms with Gasteiger partial charge in [-0.2, -0.15) is 0 Å². The molecule has 1 atom stereocenters. The third kappa shape index (κ3) is 2.42. The summed E-state index contributed by atoms with van der Waals surface area (Å²) in [5.41, 5.74) is 2.69. The second-order valence-corrected chi connectivity index (χ2v) is 7.32. The summed E-state index contributed by atoms with van der Waals surface area (Å²) in [6, 6.07) is 11.1. The van der Waals surface area contributed by atoms with Crippen molar-refractivity contribution in [3.8, 4) is 0 Å². The first kappa shape index (κ1) is 14.1. The number of anilines is 1. The molecule has 3 rings (SSSR count). The van der Waals surface area contributed by atoms with Crippen molar-refractivity contribution in [3.63, 3.8) is 0 Å². The summed E-state index contributed by atoms with van der Waals surface area (Å²) in [5, 5.41) is 0. The summed E-state index contributed by atoms with van der Waals surface area (Å²) in [6.45, 7) is 4.49. The molecule has 2 aromatic rings. The third-order valence-corrected chi connectivity index (χ3v) is 5.77. The summed E-state index contributed by atoms with van der Waals surface area (Å²) in [6.07, 6.45) is 2.26. The molecule has 1 aromatic heterocycles. The minimum atomic E-state index is -3.54. The van der Waals surface area contributed by atoms with Gasteiger partial charge in [-0.1, -0.05) is 25.1 Å². The molecule has 0 bridgehead atoms. The van der Waals surface area contributed by atoms with E-state index in [0.29, 0.717) is 12.5 Å². The molecule has 0 N–H and O–H groups in total. The normalized spacial score (nSPS) is 18.4. The number of hydrogen-bond acceptors (Lipinski definition) is 3. The smallest absolute Gasteiger partial charge is 0.265 e. The maximum atomic E-state index is 12.9. The summed E-state index contributed by atoms with van der Waals surface area (Å²) >= 11 is 0. The second-order valence-electron chi connectivity index (χ2n) is 5.46. The molecule has 0 aliphatic carbocycles. The van der Waals surface area contributed by atoms with Crippen LogP contribution in [0.3, 0.4) is 0 Å². The molecule has 0 radical (unpaired) electrons. The van der Waals surface area contributed by atoms with E-state index in [-0.39, 0.29) is 4.90 Å². The first-order valence-electron chi connectivity index (χ1n) is 7.04. The lowest BCUT2D eigenvalue weighted by molar-refractivity contribution is 0.578. The molecule has 5 heteroatoms. The van der Waals surface area contributed by atoms with Gasteiger partial charge in [-0.25, -0.2) is 8.42 Å². The Hall–Kier alpha value is -1.88. The number of pyridine rings is 1. The number of aromatic nitrogens is 1. The van der Waals surface area contributed by atoms with E-state index in [4.69, 9.17) is 0 Å². The van der Waals surface area contributed by atoms with Crippen LogP contribution in [0, 0.1) is 6.92 Å². The molecule has 1 aromatic carbocycles. The van der Waals surface area contributed by atoms with E-state index in [1.54, 1.807) is 12.1 Å². The Morgan fingerprint density at radius 2 is 1.95 bits per heavy atom. The second kappa shape index (κ2) is 5.15. The average molecular weight is 302 g/mol. The van der Waals surface area contributed by atoms with Crippen LogP contribution in [0.15, 0.2) is 47.5 Å². The Balaban J connectivity index is 2.08. The van der Waals surface area contributed by atoms with E-state index in [9.17, 15) is 8.42 Å².